The van der Waals surface area contributed by atoms with Crippen molar-refractivity contribution < 1.29 is 9.53 Å². The second kappa shape index (κ2) is 11.3. The fourth-order valence-corrected chi connectivity index (χ4v) is 3.49. The summed E-state index contributed by atoms with van der Waals surface area (Å²) in [5.41, 5.74) is 8.98. The van der Waals surface area contributed by atoms with E-state index in [1.807, 2.05) is 6.08 Å². The minimum atomic E-state index is -0.310. The van der Waals surface area contributed by atoms with Crippen LogP contribution in [0.2, 0.25) is 0 Å². The summed E-state index contributed by atoms with van der Waals surface area (Å²) in [6, 6.07) is 25.5. The quantitative estimate of drug-likeness (QED) is 0.123. The van der Waals surface area contributed by atoms with E-state index in [0.717, 1.165) is 40.7 Å². The minimum Gasteiger partial charge on any atom is -0.463 e. The Hall–Kier alpha value is -3.39. The molecule has 0 atom stereocenters. The molecule has 0 aliphatic rings. The van der Waals surface area contributed by atoms with Gasteiger partial charge in [-0.2, -0.15) is 0 Å². The van der Waals surface area contributed by atoms with Crippen molar-refractivity contribution in [3.8, 4) is 0 Å². The SMILES string of the molecule is CCCCOC(=O)/C=C/C(=C(c1ccc(C)cc1)c1ccc(C)cc1)c1ccc(C)cc1. The van der Waals surface area contributed by atoms with Gasteiger partial charge in [-0.05, 0) is 61.1 Å². The monoisotopic (exact) mass is 424 g/mol. The molecule has 0 saturated heterocycles. The number of ether oxygens (including phenoxy) is 1. The molecule has 32 heavy (non-hydrogen) atoms. The third-order valence-corrected chi connectivity index (χ3v) is 5.44. The summed E-state index contributed by atoms with van der Waals surface area (Å²) in [5, 5.41) is 0. The minimum absolute atomic E-state index is 0.310. The molecule has 3 aromatic carbocycles. The Bertz CT molecular complexity index is 1040. The molecule has 2 heteroatoms. The Morgan fingerprint density at radius 2 is 1.12 bits per heavy atom. The van der Waals surface area contributed by atoms with E-state index in [1.54, 1.807) is 6.08 Å². The molecule has 0 N–H and O–H groups in total. The van der Waals surface area contributed by atoms with Gasteiger partial charge in [0.1, 0.15) is 0 Å². The van der Waals surface area contributed by atoms with Crippen molar-refractivity contribution in [1.29, 1.82) is 0 Å². The van der Waals surface area contributed by atoms with Gasteiger partial charge in [-0.1, -0.05) is 103 Å². The lowest BCUT2D eigenvalue weighted by Crippen LogP contribution is -2.02. The zero-order chi connectivity index (χ0) is 22.9. The van der Waals surface area contributed by atoms with E-state index < -0.39 is 0 Å². The van der Waals surface area contributed by atoms with Crippen LogP contribution in [0.15, 0.2) is 84.9 Å². The zero-order valence-corrected chi connectivity index (χ0v) is 19.5. The van der Waals surface area contributed by atoms with E-state index in [1.165, 1.54) is 16.7 Å². The van der Waals surface area contributed by atoms with Gasteiger partial charge in [0.15, 0.2) is 0 Å². The third-order valence-electron chi connectivity index (χ3n) is 5.44. The van der Waals surface area contributed by atoms with Crippen LogP contribution in [-0.2, 0) is 9.53 Å². The molecular weight excluding hydrogens is 392 g/mol. The average Bonchev–Trinajstić information content (AvgIpc) is 2.79. The van der Waals surface area contributed by atoms with Crippen molar-refractivity contribution in [2.75, 3.05) is 6.61 Å². The Morgan fingerprint density at radius 3 is 1.56 bits per heavy atom. The maximum atomic E-state index is 12.4. The van der Waals surface area contributed by atoms with Crippen LogP contribution in [0.25, 0.3) is 11.1 Å². The molecule has 0 radical (unpaired) electrons. The summed E-state index contributed by atoms with van der Waals surface area (Å²) in [6.07, 6.45) is 5.32. The third kappa shape index (κ3) is 6.31. The highest BCUT2D eigenvalue weighted by Gasteiger charge is 2.13. The Labute approximate surface area is 192 Å². The van der Waals surface area contributed by atoms with E-state index in [9.17, 15) is 4.79 Å². The average molecular weight is 425 g/mol. The van der Waals surface area contributed by atoms with Crippen LogP contribution in [0.5, 0.6) is 0 Å². The summed E-state index contributed by atoms with van der Waals surface area (Å²) in [5.74, 6) is -0.310. The molecule has 0 spiro atoms. The Kier molecular flexibility index (Phi) is 8.21. The van der Waals surface area contributed by atoms with Crippen LogP contribution in [0.4, 0.5) is 0 Å². The number of carbonyl (C=O) groups excluding carboxylic acids is 1. The number of carbonyl (C=O) groups is 1. The van der Waals surface area contributed by atoms with Crippen molar-refractivity contribution in [2.45, 2.75) is 40.5 Å². The summed E-state index contributed by atoms with van der Waals surface area (Å²) < 4.78 is 5.36. The molecule has 2 nitrogen and oxygen atoms in total. The van der Waals surface area contributed by atoms with E-state index in [4.69, 9.17) is 4.74 Å². The van der Waals surface area contributed by atoms with Gasteiger partial charge in [0.2, 0.25) is 0 Å². The Balaban J connectivity index is 2.18. The highest BCUT2D eigenvalue weighted by atomic mass is 16.5. The van der Waals surface area contributed by atoms with Crippen molar-refractivity contribution in [3.05, 3.63) is 118 Å². The lowest BCUT2D eigenvalue weighted by atomic mass is 9.88. The van der Waals surface area contributed by atoms with E-state index in [0.29, 0.717) is 6.61 Å². The number of aryl methyl sites for hydroxylation is 3. The molecule has 0 aliphatic heterocycles. The number of rotatable bonds is 8. The molecule has 0 aliphatic carbocycles. The van der Waals surface area contributed by atoms with Crippen molar-refractivity contribution >= 4 is 17.1 Å². The van der Waals surface area contributed by atoms with Gasteiger partial charge >= 0.3 is 5.97 Å². The van der Waals surface area contributed by atoms with Gasteiger partial charge in [0, 0.05) is 6.08 Å². The first-order valence-electron chi connectivity index (χ1n) is 11.3. The molecule has 3 rings (SSSR count). The van der Waals surface area contributed by atoms with E-state index >= 15 is 0 Å². The topological polar surface area (TPSA) is 26.3 Å². The maximum Gasteiger partial charge on any atom is 0.330 e. The van der Waals surface area contributed by atoms with Crippen molar-refractivity contribution in [3.63, 3.8) is 0 Å². The van der Waals surface area contributed by atoms with Crippen LogP contribution < -0.4 is 0 Å². The van der Waals surface area contributed by atoms with Gasteiger partial charge in [-0.3, -0.25) is 0 Å². The molecular formula is C30H32O2. The fourth-order valence-electron chi connectivity index (χ4n) is 3.49. The fraction of sp³-hybridized carbons (Fsp3) is 0.233. The smallest absolute Gasteiger partial charge is 0.330 e. The van der Waals surface area contributed by atoms with E-state index in [2.05, 4.69) is 100 Å². The van der Waals surface area contributed by atoms with Gasteiger partial charge in [0.25, 0.3) is 0 Å². The standard InChI is InChI=1S/C30H32O2/c1-5-6-21-32-29(31)20-19-28(25-13-7-22(2)8-14-25)30(26-15-9-23(3)10-16-26)27-17-11-24(4)12-18-27/h7-20H,5-6,21H2,1-4H3/b20-19+. The molecule has 0 unspecified atom stereocenters. The van der Waals surface area contributed by atoms with Gasteiger partial charge in [-0.15, -0.1) is 0 Å². The predicted octanol–water partition coefficient (Wildman–Crippen LogP) is 7.47. The molecule has 0 fully saturated rings. The lowest BCUT2D eigenvalue weighted by Gasteiger charge is -2.16. The summed E-state index contributed by atoms with van der Waals surface area (Å²) in [6.45, 7) is 8.79. The second-order valence-corrected chi connectivity index (χ2v) is 8.24. The number of allylic oxidation sites excluding steroid dienone is 2. The lowest BCUT2D eigenvalue weighted by molar-refractivity contribution is -0.137. The molecule has 0 bridgehead atoms. The van der Waals surface area contributed by atoms with Gasteiger partial charge in [-0.25, -0.2) is 4.79 Å². The summed E-state index contributed by atoms with van der Waals surface area (Å²) in [4.78, 5) is 12.4. The van der Waals surface area contributed by atoms with Gasteiger partial charge < -0.3 is 4.74 Å². The number of esters is 1. The largest absolute Gasteiger partial charge is 0.463 e. The first-order valence-corrected chi connectivity index (χ1v) is 11.3. The number of hydrogen-bond acceptors (Lipinski definition) is 2. The molecule has 0 saturated carbocycles. The number of hydrogen-bond donors (Lipinski definition) is 0. The van der Waals surface area contributed by atoms with Crippen LogP contribution in [0.1, 0.15) is 53.1 Å². The van der Waals surface area contributed by atoms with Gasteiger partial charge in [0.05, 0.1) is 6.61 Å². The molecule has 0 amide bonds. The predicted molar refractivity (Wildman–Crippen MR) is 134 cm³/mol. The van der Waals surface area contributed by atoms with Crippen LogP contribution in [-0.4, -0.2) is 12.6 Å². The second-order valence-electron chi connectivity index (χ2n) is 8.24. The van der Waals surface area contributed by atoms with Crippen LogP contribution in [0, 0.1) is 20.8 Å². The first kappa shape index (κ1) is 23.3. The van der Waals surface area contributed by atoms with Crippen molar-refractivity contribution in [1.82, 2.24) is 0 Å². The zero-order valence-electron chi connectivity index (χ0n) is 19.5. The molecule has 3 aromatic rings. The molecule has 0 heterocycles. The number of benzene rings is 3. The highest BCUT2D eigenvalue weighted by molar-refractivity contribution is 6.03. The molecule has 0 aromatic heterocycles. The van der Waals surface area contributed by atoms with Crippen LogP contribution in [0.3, 0.4) is 0 Å². The number of unbranched alkanes of at least 4 members (excludes halogenated alkanes) is 1. The maximum absolute atomic E-state index is 12.4. The highest BCUT2D eigenvalue weighted by Crippen LogP contribution is 2.34. The summed E-state index contributed by atoms with van der Waals surface area (Å²) in [7, 11) is 0. The van der Waals surface area contributed by atoms with Crippen molar-refractivity contribution in [2.24, 2.45) is 0 Å². The Morgan fingerprint density at radius 1 is 0.688 bits per heavy atom. The first-order chi connectivity index (χ1) is 15.5. The van der Waals surface area contributed by atoms with Crippen LogP contribution >= 0.6 is 0 Å². The molecule has 164 valence electrons. The normalized spacial score (nSPS) is 10.9. The summed E-state index contributed by atoms with van der Waals surface area (Å²) >= 11 is 0. The van der Waals surface area contributed by atoms with E-state index in [-0.39, 0.29) is 5.97 Å².